The van der Waals surface area contributed by atoms with Gasteiger partial charge in [-0.25, -0.2) is 15.0 Å². The Morgan fingerprint density at radius 2 is 2.00 bits per heavy atom. The summed E-state index contributed by atoms with van der Waals surface area (Å²) in [5.74, 6) is 0.795. The van der Waals surface area contributed by atoms with E-state index in [-0.39, 0.29) is 5.41 Å². The summed E-state index contributed by atoms with van der Waals surface area (Å²) in [6.45, 7) is 7.47. The number of pyridine rings is 1. The van der Waals surface area contributed by atoms with E-state index in [1.165, 1.54) is 0 Å². The number of rotatable bonds is 3. The molecule has 0 aliphatic carbocycles. The second-order valence-electron chi connectivity index (χ2n) is 6.35. The molecular weight excluding hydrogens is 284 g/mol. The van der Waals surface area contributed by atoms with E-state index in [0.29, 0.717) is 0 Å². The van der Waals surface area contributed by atoms with Gasteiger partial charge in [-0.15, -0.1) is 0 Å². The van der Waals surface area contributed by atoms with Crippen molar-refractivity contribution >= 4 is 43.7 Å². The number of thiazole rings is 1. The van der Waals surface area contributed by atoms with Gasteiger partial charge in [-0.3, -0.25) is 0 Å². The van der Waals surface area contributed by atoms with E-state index in [4.69, 9.17) is 4.98 Å². The highest BCUT2D eigenvalue weighted by Gasteiger charge is 2.17. The number of hydrogen-bond donors (Lipinski definition) is 2. The third kappa shape index (κ3) is 2.53. The van der Waals surface area contributed by atoms with E-state index in [1.807, 2.05) is 18.7 Å². The molecule has 112 valence electrons. The molecule has 3 heterocycles. The maximum atomic E-state index is 4.71. The Hall–Kier alpha value is -1.89. The molecule has 0 saturated carbocycles. The summed E-state index contributed by atoms with van der Waals surface area (Å²) >= 11 is 1.58. The van der Waals surface area contributed by atoms with E-state index in [0.717, 1.165) is 38.9 Å². The van der Waals surface area contributed by atoms with Crippen LogP contribution in [-0.2, 0) is 7.05 Å². The third-order valence-corrected chi connectivity index (χ3v) is 4.12. The van der Waals surface area contributed by atoms with E-state index in [2.05, 4.69) is 41.4 Å². The summed E-state index contributed by atoms with van der Waals surface area (Å²) in [5, 5.41) is 7.42. The van der Waals surface area contributed by atoms with Crippen LogP contribution in [0.5, 0.6) is 0 Å². The molecule has 0 aromatic carbocycles. The Morgan fingerprint density at radius 3 is 2.67 bits per heavy atom. The molecule has 0 saturated heterocycles. The van der Waals surface area contributed by atoms with Crippen molar-refractivity contribution in [3.8, 4) is 0 Å². The summed E-state index contributed by atoms with van der Waals surface area (Å²) in [7, 11) is 3.85. The van der Waals surface area contributed by atoms with E-state index in [9.17, 15) is 0 Å². The Bertz CT molecular complexity index is 795. The molecule has 0 radical (unpaired) electrons. The number of anilines is 2. The minimum Gasteiger partial charge on any atom is -0.371 e. The first kappa shape index (κ1) is 14.1. The van der Waals surface area contributed by atoms with Gasteiger partial charge in [0.1, 0.15) is 21.4 Å². The normalized spacial score (nSPS) is 12.2. The summed E-state index contributed by atoms with van der Waals surface area (Å²) in [6, 6.07) is 0. The molecule has 0 amide bonds. The Balaban J connectivity index is 2.12. The number of hydrogen-bond acceptors (Lipinski definition) is 6. The van der Waals surface area contributed by atoms with Gasteiger partial charge in [-0.2, -0.15) is 0 Å². The van der Waals surface area contributed by atoms with Crippen LogP contribution >= 0.6 is 11.3 Å². The number of aryl methyl sites for hydroxylation is 1. The maximum absolute atomic E-state index is 4.71. The fraction of sp³-hybridized carbons (Fsp3) is 0.500. The molecule has 3 aromatic rings. The largest absolute Gasteiger partial charge is 0.371 e. The molecule has 2 N–H and O–H groups in total. The van der Waals surface area contributed by atoms with Crippen molar-refractivity contribution in [2.45, 2.75) is 20.8 Å². The van der Waals surface area contributed by atoms with Crippen LogP contribution in [0.15, 0.2) is 6.33 Å². The summed E-state index contributed by atoms with van der Waals surface area (Å²) in [4.78, 5) is 14.7. The lowest BCUT2D eigenvalue weighted by Crippen LogP contribution is -2.18. The van der Waals surface area contributed by atoms with Crippen LogP contribution in [0.2, 0.25) is 0 Å². The fourth-order valence-corrected chi connectivity index (χ4v) is 3.01. The monoisotopic (exact) mass is 304 g/mol. The van der Waals surface area contributed by atoms with E-state index < -0.39 is 0 Å². The van der Waals surface area contributed by atoms with Gasteiger partial charge in [-0.05, 0) is 5.41 Å². The predicted octanol–water partition coefficient (Wildman–Crippen LogP) is 3.08. The smallest absolute Gasteiger partial charge is 0.185 e. The van der Waals surface area contributed by atoms with Gasteiger partial charge in [0, 0.05) is 20.6 Å². The van der Waals surface area contributed by atoms with Crippen molar-refractivity contribution in [2.75, 3.05) is 24.2 Å². The molecule has 0 fully saturated rings. The number of fused-ring (bicyclic) bond motifs is 3. The van der Waals surface area contributed by atoms with Crippen molar-refractivity contribution in [3.05, 3.63) is 6.33 Å². The second kappa shape index (κ2) is 4.84. The van der Waals surface area contributed by atoms with Crippen LogP contribution in [0.4, 0.5) is 10.9 Å². The zero-order valence-corrected chi connectivity index (χ0v) is 13.8. The average Bonchev–Trinajstić information content (AvgIpc) is 2.98. The highest BCUT2D eigenvalue weighted by Crippen LogP contribution is 2.33. The van der Waals surface area contributed by atoms with Crippen molar-refractivity contribution in [2.24, 2.45) is 12.5 Å². The zero-order valence-electron chi connectivity index (χ0n) is 13.0. The Morgan fingerprint density at radius 1 is 1.24 bits per heavy atom. The molecule has 3 aromatic heterocycles. The van der Waals surface area contributed by atoms with Gasteiger partial charge in [0.25, 0.3) is 0 Å². The molecule has 6 nitrogen and oxygen atoms in total. The first-order chi connectivity index (χ1) is 9.89. The minimum absolute atomic E-state index is 0.212. The lowest BCUT2D eigenvalue weighted by atomic mass is 9.97. The summed E-state index contributed by atoms with van der Waals surface area (Å²) in [5.41, 5.74) is 3.00. The summed E-state index contributed by atoms with van der Waals surface area (Å²) in [6.07, 6.45) is 1.80. The molecular formula is C14H20N6S. The topological polar surface area (TPSA) is 67.7 Å². The SMILES string of the molecule is CNc1nc2sc(NCC(C)(C)C)nc2c2c1ncn2C. The number of aromatic nitrogens is 4. The highest BCUT2D eigenvalue weighted by molar-refractivity contribution is 7.21. The second-order valence-corrected chi connectivity index (χ2v) is 7.33. The molecule has 0 bridgehead atoms. The molecule has 0 aliphatic heterocycles. The standard InChI is InChI=1S/C14H20N6S/c1-14(2,3)6-16-13-18-9-10-8(17-7-20(10)5)11(15-4)19-12(9)21-13/h7H,6H2,1-5H3,(H,15,19)(H,16,18). The van der Waals surface area contributed by atoms with Crippen LogP contribution in [0.25, 0.3) is 21.4 Å². The first-order valence-corrected chi connectivity index (χ1v) is 7.74. The molecule has 0 atom stereocenters. The first-order valence-electron chi connectivity index (χ1n) is 6.92. The summed E-state index contributed by atoms with van der Waals surface area (Å²) < 4.78 is 1.99. The van der Waals surface area contributed by atoms with Crippen LogP contribution in [0.1, 0.15) is 20.8 Å². The maximum Gasteiger partial charge on any atom is 0.185 e. The number of nitrogens with one attached hydrogen (secondary N) is 2. The Kier molecular flexibility index (Phi) is 3.24. The van der Waals surface area contributed by atoms with Crippen molar-refractivity contribution in [3.63, 3.8) is 0 Å². The van der Waals surface area contributed by atoms with E-state index in [1.54, 1.807) is 17.7 Å². The Labute approximate surface area is 127 Å². The molecule has 0 spiro atoms. The van der Waals surface area contributed by atoms with Crippen LogP contribution < -0.4 is 10.6 Å². The molecule has 7 heteroatoms. The van der Waals surface area contributed by atoms with Crippen LogP contribution in [0, 0.1) is 5.41 Å². The third-order valence-electron chi connectivity index (χ3n) is 3.22. The number of nitrogens with zero attached hydrogens (tertiary/aromatic N) is 4. The quantitative estimate of drug-likeness (QED) is 0.778. The van der Waals surface area contributed by atoms with Crippen molar-refractivity contribution < 1.29 is 0 Å². The lowest BCUT2D eigenvalue weighted by Gasteiger charge is -2.17. The number of imidazole rings is 1. The van der Waals surface area contributed by atoms with Gasteiger partial charge < -0.3 is 15.2 Å². The van der Waals surface area contributed by atoms with Crippen molar-refractivity contribution in [1.29, 1.82) is 0 Å². The van der Waals surface area contributed by atoms with Crippen molar-refractivity contribution in [1.82, 2.24) is 19.5 Å². The molecule has 21 heavy (non-hydrogen) atoms. The van der Waals surface area contributed by atoms with E-state index >= 15 is 0 Å². The van der Waals surface area contributed by atoms with Gasteiger partial charge in [0.15, 0.2) is 10.9 Å². The van der Waals surface area contributed by atoms with Gasteiger partial charge in [0.05, 0.1) is 6.33 Å². The predicted molar refractivity (Wildman–Crippen MR) is 89.2 cm³/mol. The average molecular weight is 304 g/mol. The van der Waals surface area contributed by atoms with Crippen LogP contribution in [0.3, 0.4) is 0 Å². The minimum atomic E-state index is 0.212. The lowest BCUT2D eigenvalue weighted by molar-refractivity contribution is 0.443. The highest BCUT2D eigenvalue weighted by atomic mass is 32.1. The fourth-order valence-electron chi connectivity index (χ4n) is 2.17. The molecule has 0 unspecified atom stereocenters. The molecule has 3 rings (SSSR count). The zero-order chi connectivity index (χ0) is 15.2. The molecule has 0 aliphatic rings. The van der Waals surface area contributed by atoms with Crippen LogP contribution in [-0.4, -0.2) is 33.1 Å². The van der Waals surface area contributed by atoms with Gasteiger partial charge in [-0.1, -0.05) is 32.1 Å². The van der Waals surface area contributed by atoms with Gasteiger partial charge in [0.2, 0.25) is 0 Å². The van der Waals surface area contributed by atoms with Gasteiger partial charge >= 0.3 is 0 Å².